The van der Waals surface area contributed by atoms with Crippen LogP contribution in [0.4, 0.5) is 0 Å². The molecule has 0 fully saturated rings. The maximum absolute atomic E-state index is 12.0. The van der Waals surface area contributed by atoms with Gasteiger partial charge in [0.15, 0.2) is 0 Å². The number of benzene rings is 2. The summed E-state index contributed by atoms with van der Waals surface area (Å²) in [5.74, 6) is -0.652. The van der Waals surface area contributed by atoms with E-state index in [1.165, 1.54) is 12.1 Å². The summed E-state index contributed by atoms with van der Waals surface area (Å²) in [6.45, 7) is 1.77. The maximum Gasteiger partial charge on any atom is 0.251 e. The average Bonchev–Trinajstić information content (AvgIpc) is 2.56. The van der Waals surface area contributed by atoms with Crippen LogP contribution in [0.1, 0.15) is 28.9 Å². The van der Waals surface area contributed by atoms with Gasteiger partial charge in [-0.3, -0.25) is 9.59 Å². The summed E-state index contributed by atoms with van der Waals surface area (Å²) in [7, 11) is 0. The molecule has 4 nitrogen and oxygen atoms in total. The van der Waals surface area contributed by atoms with Crippen molar-refractivity contribution in [3.05, 3.63) is 69.7 Å². The van der Waals surface area contributed by atoms with Crippen LogP contribution in [0.15, 0.2) is 48.5 Å². The minimum atomic E-state index is -0.383. The fourth-order valence-corrected chi connectivity index (χ4v) is 2.32. The van der Waals surface area contributed by atoms with E-state index in [-0.39, 0.29) is 24.4 Å². The third kappa shape index (κ3) is 4.98. The van der Waals surface area contributed by atoms with Gasteiger partial charge in [0.25, 0.3) is 5.91 Å². The number of carbonyl (C=O) groups excluding carboxylic acids is 2. The summed E-state index contributed by atoms with van der Waals surface area (Å²) >= 11 is 11.7. The molecule has 2 N–H and O–H groups in total. The Morgan fingerprint density at radius 3 is 2.39 bits per heavy atom. The molecule has 0 aromatic heterocycles. The Kier molecular flexibility index (Phi) is 6.02. The lowest BCUT2D eigenvalue weighted by molar-refractivity contribution is -0.120. The topological polar surface area (TPSA) is 58.2 Å². The van der Waals surface area contributed by atoms with Crippen LogP contribution < -0.4 is 10.6 Å². The number of rotatable bonds is 5. The molecule has 0 saturated heterocycles. The van der Waals surface area contributed by atoms with Gasteiger partial charge in [0, 0.05) is 5.56 Å². The van der Waals surface area contributed by atoms with Crippen molar-refractivity contribution in [2.45, 2.75) is 13.0 Å². The minimum Gasteiger partial charge on any atom is -0.348 e. The first-order valence-electron chi connectivity index (χ1n) is 7.05. The van der Waals surface area contributed by atoms with Gasteiger partial charge in [0.1, 0.15) is 0 Å². The molecule has 0 aliphatic carbocycles. The lowest BCUT2D eigenvalue weighted by Gasteiger charge is -2.14. The average molecular weight is 351 g/mol. The lowest BCUT2D eigenvalue weighted by Crippen LogP contribution is -2.38. The van der Waals surface area contributed by atoms with Gasteiger partial charge in [0.2, 0.25) is 5.91 Å². The van der Waals surface area contributed by atoms with Gasteiger partial charge in [-0.05, 0) is 30.7 Å². The van der Waals surface area contributed by atoms with E-state index in [1.54, 1.807) is 6.07 Å². The summed E-state index contributed by atoms with van der Waals surface area (Å²) in [5, 5.41) is 6.04. The molecule has 1 atom stereocenters. The van der Waals surface area contributed by atoms with Crippen LogP contribution in [0.25, 0.3) is 0 Å². The molecule has 6 heteroatoms. The molecule has 0 bridgehead atoms. The van der Waals surface area contributed by atoms with Gasteiger partial charge >= 0.3 is 0 Å². The number of amides is 2. The molecule has 0 saturated carbocycles. The minimum absolute atomic E-state index is 0.115. The lowest BCUT2D eigenvalue weighted by atomic mass is 10.1. The Morgan fingerprint density at radius 1 is 1.04 bits per heavy atom. The second-order valence-corrected chi connectivity index (χ2v) is 5.83. The van der Waals surface area contributed by atoms with Crippen LogP contribution in [0.3, 0.4) is 0 Å². The third-order valence-electron chi connectivity index (χ3n) is 3.27. The van der Waals surface area contributed by atoms with Gasteiger partial charge in [-0.1, -0.05) is 53.5 Å². The van der Waals surface area contributed by atoms with Crippen molar-refractivity contribution in [3.63, 3.8) is 0 Å². The monoisotopic (exact) mass is 350 g/mol. The number of hydrogen-bond donors (Lipinski definition) is 2. The van der Waals surface area contributed by atoms with E-state index in [0.29, 0.717) is 15.6 Å². The molecule has 2 aromatic rings. The highest BCUT2D eigenvalue weighted by molar-refractivity contribution is 6.42. The van der Waals surface area contributed by atoms with Crippen molar-refractivity contribution in [2.75, 3.05) is 6.54 Å². The second-order valence-electron chi connectivity index (χ2n) is 5.01. The van der Waals surface area contributed by atoms with Crippen molar-refractivity contribution < 1.29 is 9.59 Å². The predicted molar refractivity (Wildman–Crippen MR) is 91.8 cm³/mol. The van der Waals surface area contributed by atoms with Gasteiger partial charge in [-0.25, -0.2) is 0 Å². The zero-order valence-electron chi connectivity index (χ0n) is 12.5. The molecule has 2 amide bonds. The molecule has 2 rings (SSSR count). The molecule has 0 aliphatic rings. The molecular weight excluding hydrogens is 335 g/mol. The Labute approximate surface area is 144 Å². The number of halogens is 2. The second kappa shape index (κ2) is 7.99. The fourth-order valence-electron chi connectivity index (χ4n) is 2.02. The van der Waals surface area contributed by atoms with E-state index in [2.05, 4.69) is 10.6 Å². The van der Waals surface area contributed by atoms with E-state index < -0.39 is 0 Å². The van der Waals surface area contributed by atoms with Crippen molar-refractivity contribution >= 4 is 35.0 Å². The zero-order chi connectivity index (χ0) is 16.8. The SMILES string of the molecule is C[C@H](NC(=O)CNC(=O)c1ccc(Cl)c(Cl)c1)c1ccccc1. The fraction of sp³-hybridized carbons (Fsp3) is 0.176. The molecule has 23 heavy (non-hydrogen) atoms. The summed E-state index contributed by atoms with van der Waals surface area (Å²) < 4.78 is 0. The first-order valence-corrected chi connectivity index (χ1v) is 7.80. The number of carbonyl (C=O) groups is 2. The first-order chi connectivity index (χ1) is 11.0. The maximum atomic E-state index is 12.0. The molecule has 2 aromatic carbocycles. The molecular formula is C17H16Cl2N2O2. The van der Waals surface area contributed by atoms with E-state index in [9.17, 15) is 9.59 Å². The van der Waals surface area contributed by atoms with Crippen LogP contribution in [0, 0.1) is 0 Å². The summed E-state index contributed by atoms with van der Waals surface area (Å²) in [6.07, 6.45) is 0. The highest BCUT2D eigenvalue weighted by Gasteiger charge is 2.12. The van der Waals surface area contributed by atoms with Crippen LogP contribution in [-0.2, 0) is 4.79 Å². The van der Waals surface area contributed by atoms with Crippen LogP contribution in [0.5, 0.6) is 0 Å². The van der Waals surface area contributed by atoms with Gasteiger partial charge < -0.3 is 10.6 Å². The van der Waals surface area contributed by atoms with E-state index in [0.717, 1.165) is 5.56 Å². The smallest absolute Gasteiger partial charge is 0.251 e. The van der Waals surface area contributed by atoms with Gasteiger partial charge in [-0.15, -0.1) is 0 Å². The van der Waals surface area contributed by atoms with Gasteiger partial charge in [0.05, 0.1) is 22.6 Å². The zero-order valence-corrected chi connectivity index (χ0v) is 14.0. The van der Waals surface area contributed by atoms with Crippen molar-refractivity contribution in [2.24, 2.45) is 0 Å². The molecule has 0 unspecified atom stereocenters. The standard InChI is InChI=1S/C17H16Cl2N2O2/c1-11(12-5-3-2-4-6-12)21-16(22)10-20-17(23)13-7-8-14(18)15(19)9-13/h2-9,11H,10H2,1H3,(H,20,23)(H,21,22)/t11-/m0/s1. The summed E-state index contributed by atoms with van der Waals surface area (Å²) in [5.41, 5.74) is 1.35. The van der Waals surface area contributed by atoms with Crippen LogP contribution >= 0.6 is 23.2 Å². The van der Waals surface area contributed by atoms with E-state index in [1.807, 2.05) is 37.3 Å². The van der Waals surface area contributed by atoms with Gasteiger partial charge in [-0.2, -0.15) is 0 Å². The quantitative estimate of drug-likeness (QED) is 0.865. The number of hydrogen-bond acceptors (Lipinski definition) is 2. The van der Waals surface area contributed by atoms with Crippen LogP contribution in [0.2, 0.25) is 10.0 Å². The van der Waals surface area contributed by atoms with Crippen molar-refractivity contribution in [3.8, 4) is 0 Å². The Balaban J connectivity index is 1.86. The summed E-state index contributed by atoms with van der Waals surface area (Å²) in [6, 6.07) is 14.0. The highest BCUT2D eigenvalue weighted by atomic mass is 35.5. The molecule has 0 heterocycles. The van der Waals surface area contributed by atoms with E-state index in [4.69, 9.17) is 23.2 Å². The molecule has 0 spiro atoms. The van der Waals surface area contributed by atoms with Crippen LogP contribution in [-0.4, -0.2) is 18.4 Å². The molecule has 0 radical (unpaired) electrons. The normalized spacial score (nSPS) is 11.6. The molecule has 0 aliphatic heterocycles. The predicted octanol–water partition coefficient (Wildman–Crippen LogP) is 3.60. The summed E-state index contributed by atoms with van der Waals surface area (Å²) in [4.78, 5) is 23.9. The number of nitrogens with one attached hydrogen (secondary N) is 2. The highest BCUT2D eigenvalue weighted by Crippen LogP contribution is 2.22. The Bertz CT molecular complexity index is 705. The Morgan fingerprint density at radius 2 is 1.74 bits per heavy atom. The largest absolute Gasteiger partial charge is 0.348 e. The molecule has 120 valence electrons. The first kappa shape index (κ1) is 17.3. The Hall–Kier alpha value is -2.04. The van der Waals surface area contributed by atoms with Crippen molar-refractivity contribution in [1.29, 1.82) is 0 Å². The third-order valence-corrected chi connectivity index (χ3v) is 4.01. The van der Waals surface area contributed by atoms with E-state index >= 15 is 0 Å². The van der Waals surface area contributed by atoms with Crippen molar-refractivity contribution in [1.82, 2.24) is 10.6 Å².